The molecule has 1 saturated carbocycles. The quantitative estimate of drug-likeness (QED) is 0.823. The van der Waals surface area contributed by atoms with E-state index in [0.717, 1.165) is 12.8 Å². The second kappa shape index (κ2) is 7.36. The summed E-state index contributed by atoms with van der Waals surface area (Å²) in [5.74, 6) is 0.259. The van der Waals surface area contributed by atoms with Crippen molar-refractivity contribution in [3.8, 4) is 0 Å². The van der Waals surface area contributed by atoms with Gasteiger partial charge in [0.15, 0.2) is 0 Å². The maximum Gasteiger partial charge on any atom is 0.234 e. The van der Waals surface area contributed by atoms with Gasteiger partial charge in [0.2, 0.25) is 5.91 Å². The van der Waals surface area contributed by atoms with E-state index >= 15 is 0 Å². The van der Waals surface area contributed by atoms with Crippen LogP contribution in [0.15, 0.2) is 41.0 Å². The van der Waals surface area contributed by atoms with E-state index in [1.165, 1.54) is 6.07 Å². The molecule has 0 aliphatic heterocycles. The Bertz CT molecular complexity index is 681. The highest BCUT2D eigenvalue weighted by Gasteiger charge is 2.31. The maximum atomic E-state index is 14.0. The minimum atomic E-state index is -0.336. The highest BCUT2D eigenvalue weighted by molar-refractivity contribution is 6.31. The van der Waals surface area contributed by atoms with E-state index in [1.54, 1.807) is 24.5 Å². The van der Waals surface area contributed by atoms with Gasteiger partial charge in [-0.15, -0.1) is 0 Å². The van der Waals surface area contributed by atoms with Crippen LogP contribution in [-0.2, 0) is 11.3 Å². The highest BCUT2D eigenvalue weighted by Crippen LogP contribution is 2.30. The molecule has 1 aliphatic carbocycles. The molecule has 0 saturated heterocycles. The second-order valence-corrected chi connectivity index (χ2v) is 6.55. The van der Waals surface area contributed by atoms with E-state index < -0.39 is 0 Å². The average molecular weight is 351 g/mol. The number of nitrogens with zero attached hydrogens (tertiary/aromatic N) is 1. The Hall–Kier alpha value is -1.85. The van der Waals surface area contributed by atoms with Gasteiger partial charge >= 0.3 is 0 Å². The second-order valence-electron chi connectivity index (χ2n) is 6.14. The van der Waals surface area contributed by atoms with Gasteiger partial charge < -0.3 is 9.73 Å². The number of furan rings is 1. The largest absolute Gasteiger partial charge is 0.467 e. The van der Waals surface area contributed by atoms with Crippen LogP contribution in [0.5, 0.6) is 0 Å². The van der Waals surface area contributed by atoms with Crippen molar-refractivity contribution >= 4 is 17.5 Å². The van der Waals surface area contributed by atoms with Crippen molar-refractivity contribution < 1.29 is 13.6 Å². The molecule has 1 N–H and O–H groups in total. The van der Waals surface area contributed by atoms with Gasteiger partial charge in [-0.3, -0.25) is 9.69 Å². The van der Waals surface area contributed by atoms with E-state index in [0.29, 0.717) is 28.9 Å². The fourth-order valence-corrected chi connectivity index (χ4v) is 2.94. The van der Waals surface area contributed by atoms with Gasteiger partial charge in [-0.05, 0) is 44.0 Å². The Morgan fingerprint density at radius 2 is 2.21 bits per heavy atom. The summed E-state index contributed by atoms with van der Waals surface area (Å²) < 4.78 is 19.3. The van der Waals surface area contributed by atoms with Crippen molar-refractivity contribution in [2.75, 3.05) is 6.54 Å². The van der Waals surface area contributed by atoms with E-state index in [4.69, 9.17) is 16.0 Å². The fourth-order valence-electron chi connectivity index (χ4n) is 2.72. The van der Waals surface area contributed by atoms with Gasteiger partial charge in [0.1, 0.15) is 11.6 Å². The van der Waals surface area contributed by atoms with E-state index in [-0.39, 0.29) is 24.3 Å². The van der Waals surface area contributed by atoms with Crippen molar-refractivity contribution in [3.05, 3.63) is 58.8 Å². The van der Waals surface area contributed by atoms with Crippen molar-refractivity contribution in [1.29, 1.82) is 0 Å². The molecule has 1 amide bonds. The van der Waals surface area contributed by atoms with Crippen molar-refractivity contribution in [1.82, 2.24) is 10.2 Å². The smallest absolute Gasteiger partial charge is 0.234 e. The number of nitrogens with one attached hydrogen (secondary N) is 1. The van der Waals surface area contributed by atoms with Crippen LogP contribution in [0.4, 0.5) is 4.39 Å². The number of amides is 1. The highest BCUT2D eigenvalue weighted by atomic mass is 35.5. The van der Waals surface area contributed by atoms with Crippen LogP contribution < -0.4 is 5.32 Å². The zero-order valence-electron chi connectivity index (χ0n) is 13.5. The number of rotatable bonds is 7. The van der Waals surface area contributed by atoms with Crippen LogP contribution in [0, 0.1) is 5.82 Å². The van der Waals surface area contributed by atoms with Gasteiger partial charge in [-0.1, -0.05) is 17.7 Å². The third-order valence-corrected chi connectivity index (χ3v) is 4.53. The Balaban J connectivity index is 1.63. The lowest BCUT2D eigenvalue weighted by atomic mass is 10.2. The Morgan fingerprint density at radius 1 is 1.42 bits per heavy atom. The third-order valence-electron chi connectivity index (χ3n) is 4.18. The lowest BCUT2D eigenvalue weighted by Gasteiger charge is -2.23. The van der Waals surface area contributed by atoms with Crippen LogP contribution in [0.1, 0.15) is 37.1 Å². The molecular weight excluding hydrogens is 331 g/mol. The predicted octanol–water partition coefficient (Wildman–Crippen LogP) is 3.91. The molecule has 1 aliphatic rings. The Kier molecular flexibility index (Phi) is 5.21. The van der Waals surface area contributed by atoms with E-state index in [2.05, 4.69) is 5.32 Å². The third kappa shape index (κ3) is 4.16. The van der Waals surface area contributed by atoms with Gasteiger partial charge in [-0.25, -0.2) is 4.39 Å². The maximum absolute atomic E-state index is 14.0. The average Bonchev–Trinajstić information content (AvgIpc) is 3.23. The first kappa shape index (κ1) is 17.0. The van der Waals surface area contributed by atoms with E-state index in [9.17, 15) is 9.18 Å². The minimum absolute atomic E-state index is 0.113. The number of carbonyl (C=O) groups is 1. The molecule has 1 aromatic carbocycles. The van der Waals surface area contributed by atoms with Crippen LogP contribution in [0.25, 0.3) is 0 Å². The summed E-state index contributed by atoms with van der Waals surface area (Å²) >= 11 is 6.11. The molecule has 0 bridgehead atoms. The van der Waals surface area contributed by atoms with E-state index in [1.807, 2.05) is 17.9 Å². The van der Waals surface area contributed by atoms with Crippen LogP contribution in [0.2, 0.25) is 5.02 Å². The lowest BCUT2D eigenvalue weighted by Crippen LogP contribution is -2.39. The van der Waals surface area contributed by atoms with Gasteiger partial charge in [0.05, 0.1) is 18.8 Å². The van der Waals surface area contributed by atoms with Gasteiger partial charge in [0, 0.05) is 23.2 Å². The lowest BCUT2D eigenvalue weighted by molar-refractivity contribution is -0.123. The summed E-state index contributed by atoms with van der Waals surface area (Å²) in [6.45, 7) is 2.41. The van der Waals surface area contributed by atoms with Gasteiger partial charge in [0.25, 0.3) is 0 Å². The minimum Gasteiger partial charge on any atom is -0.467 e. The summed E-state index contributed by atoms with van der Waals surface area (Å²) in [7, 11) is 0. The molecule has 6 heteroatoms. The first-order valence-electron chi connectivity index (χ1n) is 8.04. The molecule has 4 nitrogen and oxygen atoms in total. The summed E-state index contributed by atoms with van der Waals surface area (Å²) in [5, 5.41) is 3.30. The van der Waals surface area contributed by atoms with Crippen molar-refractivity contribution in [3.63, 3.8) is 0 Å². The zero-order chi connectivity index (χ0) is 17.1. The molecular formula is C18H20ClFN2O2. The summed E-state index contributed by atoms with van der Waals surface area (Å²) in [6.07, 6.45) is 3.62. The first-order chi connectivity index (χ1) is 11.5. The molecule has 2 aromatic rings. The fraction of sp³-hybridized carbons (Fsp3) is 0.389. The van der Waals surface area contributed by atoms with Crippen LogP contribution in [0.3, 0.4) is 0 Å². The molecule has 1 aromatic heterocycles. The first-order valence-corrected chi connectivity index (χ1v) is 8.42. The molecule has 1 atom stereocenters. The Labute approximate surface area is 145 Å². The standard InChI is InChI=1S/C18H20ClFN2O2/c1-12(17-6-3-9-24-17)21-18(23)11-22(13-7-8-13)10-14-15(19)4-2-5-16(14)20/h2-6,9,12-13H,7-8,10-11H2,1H3,(H,21,23). The Morgan fingerprint density at radius 3 is 2.83 bits per heavy atom. The number of benzene rings is 1. The van der Waals surface area contributed by atoms with Crippen LogP contribution in [-0.4, -0.2) is 23.4 Å². The topological polar surface area (TPSA) is 45.5 Å². The molecule has 1 heterocycles. The normalized spacial score (nSPS) is 15.5. The number of hydrogen-bond donors (Lipinski definition) is 1. The molecule has 128 valence electrons. The number of hydrogen-bond acceptors (Lipinski definition) is 3. The predicted molar refractivity (Wildman–Crippen MR) is 90.1 cm³/mol. The molecule has 0 spiro atoms. The van der Waals surface area contributed by atoms with Crippen molar-refractivity contribution in [2.45, 2.75) is 38.4 Å². The monoisotopic (exact) mass is 350 g/mol. The van der Waals surface area contributed by atoms with Crippen LogP contribution >= 0.6 is 11.6 Å². The van der Waals surface area contributed by atoms with Crippen molar-refractivity contribution in [2.24, 2.45) is 0 Å². The molecule has 1 unspecified atom stereocenters. The summed E-state index contributed by atoms with van der Waals surface area (Å²) in [5.41, 5.74) is 0.443. The summed E-state index contributed by atoms with van der Waals surface area (Å²) in [6, 6.07) is 8.36. The number of carbonyl (C=O) groups excluding carboxylic acids is 1. The molecule has 1 fully saturated rings. The van der Waals surface area contributed by atoms with Gasteiger partial charge in [-0.2, -0.15) is 0 Å². The molecule has 3 rings (SSSR count). The number of halogens is 2. The molecule has 24 heavy (non-hydrogen) atoms. The summed E-state index contributed by atoms with van der Waals surface area (Å²) in [4.78, 5) is 14.3. The zero-order valence-corrected chi connectivity index (χ0v) is 14.2. The SMILES string of the molecule is CC(NC(=O)CN(Cc1c(F)cccc1Cl)C1CC1)c1ccco1. The molecule has 0 radical (unpaired) electrons.